The standard InChI is InChI=1S/C15H20BrNO/c1-10-5-3-8-14(10)15(18)17-11(2)12-6-4-7-13(16)9-12/h4,6-7,9-11,14H,3,5,8H2,1-2H3,(H,17,18). The Kier molecular flexibility index (Phi) is 4.44. The summed E-state index contributed by atoms with van der Waals surface area (Å²) in [5, 5.41) is 3.14. The molecule has 3 heteroatoms. The van der Waals surface area contributed by atoms with E-state index in [1.807, 2.05) is 25.1 Å². The normalized spacial score (nSPS) is 24.8. The van der Waals surface area contributed by atoms with Gasteiger partial charge in [0.2, 0.25) is 5.91 Å². The zero-order chi connectivity index (χ0) is 13.1. The van der Waals surface area contributed by atoms with E-state index in [1.54, 1.807) is 0 Å². The fourth-order valence-electron chi connectivity index (χ4n) is 2.71. The molecule has 0 radical (unpaired) electrons. The van der Waals surface area contributed by atoms with E-state index in [-0.39, 0.29) is 17.9 Å². The second-order valence-corrected chi connectivity index (χ2v) is 6.22. The van der Waals surface area contributed by atoms with Crippen LogP contribution in [-0.2, 0) is 4.79 Å². The molecule has 1 aliphatic rings. The smallest absolute Gasteiger partial charge is 0.223 e. The van der Waals surface area contributed by atoms with Crippen molar-refractivity contribution >= 4 is 21.8 Å². The van der Waals surface area contributed by atoms with Crippen LogP contribution < -0.4 is 5.32 Å². The minimum atomic E-state index is 0.0720. The zero-order valence-electron chi connectivity index (χ0n) is 10.9. The van der Waals surface area contributed by atoms with E-state index in [9.17, 15) is 4.79 Å². The van der Waals surface area contributed by atoms with Gasteiger partial charge in [0.1, 0.15) is 0 Å². The molecule has 1 aromatic rings. The highest BCUT2D eigenvalue weighted by Gasteiger charge is 2.30. The Hall–Kier alpha value is -0.830. The van der Waals surface area contributed by atoms with Crippen LogP contribution in [-0.4, -0.2) is 5.91 Å². The predicted molar refractivity (Wildman–Crippen MR) is 77.2 cm³/mol. The van der Waals surface area contributed by atoms with E-state index in [0.717, 1.165) is 16.5 Å². The molecule has 3 atom stereocenters. The summed E-state index contributed by atoms with van der Waals surface area (Å²) >= 11 is 3.46. The maximum Gasteiger partial charge on any atom is 0.223 e. The molecule has 2 nitrogen and oxygen atoms in total. The molecular formula is C15H20BrNO. The van der Waals surface area contributed by atoms with Gasteiger partial charge in [0, 0.05) is 10.4 Å². The van der Waals surface area contributed by atoms with Gasteiger partial charge in [-0.25, -0.2) is 0 Å². The fraction of sp³-hybridized carbons (Fsp3) is 0.533. The maximum atomic E-state index is 12.2. The summed E-state index contributed by atoms with van der Waals surface area (Å²) in [5.74, 6) is 0.951. The summed E-state index contributed by atoms with van der Waals surface area (Å²) in [6.45, 7) is 4.22. The molecule has 1 aliphatic carbocycles. The first kappa shape index (κ1) is 13.6. The molecule has 0 aromatic heterocycles. The number of amides is 1. The summed E-state index contributed by atoms with van der Waals surface area (Å²) < 4.78 is 1.05. The number of benzene rings is 1. The first-order chi connectivity index (χ1) is 8.58. The molecule has 0 saturated heterocycles. The molecule has 3 unspecified atom stereocenters. The highest BCUT2D eigenvalue weighted by Crippen LogP contribution is 2.31. The van der Waals surface area contributed by atoms with E-state index in [1.165, 1.54) is 12.8 Å². The number of hydrogen-bond donors (Lipinski definition) is 1. The number of nitrogens with one attached hydrogen (secondary N) is 1. The van der Waals surface area contributed by atoms with Gasteiger partial charge in [-0.05, 0) is 43.4 Å². The van der Waals surface area contributed by atoms with E-state index in [2.05, 4.69) is 34.2 Å². The first-order valence-electron chi connectivity index (χ1n) is 6.64. The van der Waals surface area contributed by atoms with E-state index >= 15 is 0 Å². The minimum absolute atomic E-state index is 0.0720. The van der Waals surface area contributed by atoms with Gasteiger partial charge in [0.25, 0.3) is 0 Å². The van der Waals surface area contributed by atoms with Gasteiger partial charge in [-0.2, -0.15) is 0 Å². The second kappa shape index (κ2) is 5.87. The lowest BCUT2D eigenvalue weighted by Gasteiger charge is -2.20. The van der Waals surface area contributed by atoms with Gasteiger partial charge in [0.15, 0.2) is 0 Å². The monoisotopic (exact) mass is 309 g/mol. The van der Waals surface area contributed by atoms with Crippen LogP contribution in [0.4, 0.5) is 0 Å². The molecule has 98 valence electrons. The Labute approximate surface area is 117 Å². The third-order valence-electron chi connectivity index (χ3n) is 3.91. The van der Waals surface area contributed by atoms with E-state index < -0.39 is 0 Å². The van der Waals surface area contributed by atoms with Crippen molar-refractivity contribution < 1.29 is 4.79 Å². The Morgan fingerprint density at radius 3 is 2.83 bits per heavy atom. The van der Waals surface area contributed by atoms with Crippen LogP contribution in [0.1, 0.15) is 44.7 Å². The second-order valence-electron chi connectivity index (χ2n) is 5.30. The number of halogens is 1. The number of rotatable bonds is 3. The van der Waals surface area contributed by atoms with Crippen LogP contribution in [0.3, 0.4) is 0 Å². The van der Waals surface area contributed by atoms with E-state index in [4.69, 9.17) is 0 Å². The SMILES string of the molecule is CC(NC(=O)C1CCCC1C)c1cccc(Br)c1. The molecule has 1 N–H and O–H groups in total. The molecule has 0 aliphatic heterocycles. The maximum absolute atomic E-state index is 12.2. The third-order valence-corrected chi connectivity index (χ3v) is 4.40. The van der Waals surface area contributed by atoms with Crippen LogP contribution in [0.15, 0.2) is 28.7 Å². The molecule has 0 spiro atoms. The molecule has 1 fully saturated rings. The van der Waals surface area contributed by atoms with Gasteiger partial charge >= 0.3 is 0 Å². The van der Waals surface area contributed by atoms with Gasteiger partial charge < -0.3 is 5.32 Å². The van der Waals surface area contributed by atoms with Crippen molar-refractivity contribution in [1.82, 2.24) is 5.32 Å². The minimum Gasteiger partial charge on any atom is -0.349 e. The Morgan fingerprint density at radius 2 is 2.22 bits per heavy atom. The van der Waals surface area contributed by atoms with Crippen molar-refractivity contribution in [1.29, 1.82) is 0 Å². The zero-order valence-corrected chi connectivity index (χ0v) is 12.5. The highest BCUT2D eigenvalue weighted by atomic mass is 79.9. The quantitative estimate of drug-likeness (QED) is 0.896. The van der Waals surface area contributed by atoms with E-state index in [0.29, 0.717) is 5.92 Å². The Balaban J connectivity index is 1.98. The predicted octanol–water partition coefficient (Wildman–Crippen LogP) is 4.06. The molecule has 1 amide bonds. The average molecular weight is 310 g/mol. The van der Waals surface area contributed by atoms with Crippen LogP contribution in [0.2, 0.25) is 0 Å². The van der Waals surface area contributed by atoms with Crippen LogP contribution >= 0.6 is 15.9 Å². The topological polar surface area (TPSA) is 29.1 Å². The Morgan fingerprint density at radius 1 is 1.44 bits per heavy atom. The van der Waals surface area contributed by atoms with Crippen molar-refractivity contribution in [2.45, 2.75) is 39.2 Å². The van der Waals surface area contributed by atoms with Gasteiger partial charge in [-0.15, -0.1) is 0 Å². The summed E-state index contributed by atoms with van der Waals surface area (Å²) in [5.41, 5.74) is 1.14. The van der Waals surface area contributed by atoms with Crippen molar-refractivity contribution in [2.75, 3.05) is 0 Å². The average Bonchev–Trinajstić information content (AvgIpc) is 2.75. The van der Waals surface area contributed by atoms with Gasteiger partial charge in [0.05, 0.1) is 6.04 Å². The molecular weight excluding hydrogens is 290 g/mol. The molecule has 1 saturated carbocycles. The summed E-state index contributed by atoms with van der Waals surface area (Å²) in [7, 11) is 0. The summed E-state index contributed by atoms with van der Waals surface area (Å²) in [6, 6.07) is 8.18. The van der Waals surface area contributed by atoms with Crippen molar-refractivity contribution in [2.24, 2.45) is 11.8 Å². The van der Waals surface area contributed by atoms with Crippen molar-refractivity contribution in [3.63, 3.8) is 0 Å². The summed E-state index contributed by atoms with van der Waals surface area (Å²) in [4.78, 5) is 12.2. The number of hydrogen-bond acceptors (Lipinski definition) is 1. The molecule has 0 heterocycles. The lowest BCUT2D eigenvalue weighted by Crippen LogP contribution is -2.33. The van der Waals surface area contributed by atoms with Crippen LogP contribution in [0, 0.1) is 11.8 Å². The molecule has 0 bridgehead atoms. The largest absolute Gasteiger partial charge is 0.349 e. The van der Waals surface area contributed by atoms with Crippen molar-refractivity contribution in [3.8, 4) is 0 Å². The van der Waals surface area contributed by atoms with Crippen LogP contribution in [0.25, 0.3) is 0 Å². The van der Waals surface area contributed by atoms with Gasteiger partial charge in [-0.1, -0.05) is 41.4 Å². The summed E-state index contributed by atoms with van der Waals surface area (Å²) in [6.07, 6.45) is 3.41. The lowest BCUT2D eigenvalue weighted by molar-refractivity contribution is -0.126. The molecule has 2 rings (SSSR count). The number of carbonyl (C=O) groups excluding carboxylic acids is 1. The lowest BCUT2D eigenvalue weighted by atomic mass is 9.96. The third kappa shape index (κ3) is 3.14. The van der Waals surface area contributed by atoms with Gasteiger partial charge in [-0.3, -0.25) is 4.79 Å². The van der Waals surface area contributed by atoms with Crippen molar-refractivity contribution in [3.05, 3.63) is 34.3 Å². The number of carbonyl (C=O) groups is 1. The first-order valence-corrected chi connectivity index (χ1v) is 7.43. The van der Waals surface area contributed by atoms with Crippen LogP contribution in [0.5, 0.6) is 0 Å². The molecule has 18 heavy (non-hydrogen) atoms. The highest BCUT2D eigenvalue weighted by molar-refractivity contribution is 9.10. The fourth-order valence-corrected chi connectivity index (χ4v) is 3.13. The Bertz CT molecular complexity index is 432. The molecule has 1 aromatic carbocycles.